The van der Waals surface area contributed by atoms with Crippen LogP contribution in [0.25, 0.3) is 0 Å². The summed E-state index contributed by atoms with van der Waals surface area (Å²) in [6.45, 7) is 6.58. The maximum Gasteiger partial charge on any atom is 0.413 e. The smallest absolute Gasteiger partial charge is 0.413 e. The second-order valence-electron chi connectivity index (χ2n) is 8.70. The topological polar surface area (TPSA) is 110 Å². The highest BCUT2D eigenvalue weighted by Crippen LogP contribution is 2.22. The standard InChI is InChI=1S/C20H31N3O6/c1-20(2,3)10-14(21-19(26)29-13-7-9-27-11-13)18(25)22-17-15(24)12-28-16(17)6-8-23(4)5/h7,9,11,14,16-17H,6,8,10,12H2,1-5H3,(H,21,26)(H,22,25)/t14-,16?,17?/m0/s1. The molecule has 9 nitrogen and oxygen atoms in total. The molecule has 1 aromatic heterocycles. The van der Waals surface area contributed by atoms with Gasteiger partial charge >= 0.3 is 6.09 Å². The molecule has 0 radical (unpaired) electrons. The molecule has 0 aromatic carbocycles. The van der Waals surface area contributed by atoms with Crippen LogP contribution in [-0.4, -0.2) is 68.1 Å². The number of nitrogens with zero attached hydrogens (tertiary/aromatic N) is 1. The van der Waals surface area contributed by atoms with Crippen LogP contribution in [0.3, 0.4) is 0 Å². The summed E-state index contributed by atoms with van der Waals surface area (Å²) in [7, 11) is 3.86. The van der Waals surface area contributed by atoms with Crippen molar-refractivity contribution in [3.05, 3.63) is 18.6 Å². The van der Waals surface area contributed by atoms with Gasteiger partial charge in [-0.25, -0.2) is 4.79 Å². The van der Waals surface area contributed by atoms with Crippen LogP contribution in [0.15, 0.2) is 23.0 Å². The van der Waals surface area contributed by atoms with Gasteiger partial charge < -0.3 is 29.4 Å². The van der Waals surface area contributed by atoms with Gasteiger partial charge in [-0.1, -0.05) is 20.8 Å². The third kappa shape index (κ3) is 7.51. The van der Waals surface area contributed by atoms with E-state index in [1.165, 1.54) is 18.6 Å². The minimum atomic E-state index is -0.864. The van der Waals surface area contributed by atoms with Crippen molar-refractivity contribution in [3.63, 3.8) is 0 Å². The monoisotopic (exact) mass is 409 g/mol. The number of Topliss-reactive ketones (excluding diaryl/α,β-unsaturated/α-hetero) is 1. The Hall–Kier alpha value is -2.39. The highest BCUT2D eigenvalue weighted by Gasteiger charge is 2.38. The lowest BCUT2D eigenvalue weighted by Crippen LogP contribution is -2.54. The molecule has 1 saturated heterocycles. The molecule has 2 unspecified atom stereocenters. The lowest BCUT2D eigenvalue weighted by molar-refractivity contribution is -0.128. The summed E-state index contributed by atoms with van der Waals surface area (Å²) in [5, 5.41) is 5.36. The Morgan fingerprint density at radius 1 is 1.34 bits per heavy atom. The Labute approximate surface area is 171 Å². The number of carbonyl (C=O) groups is 3. The number of nitrogens with one attached hydrogen (secondary N) is 2. The Kier molecular flexibility index (Phi) is 7.80. The third-order valence-corrected chi connectivity index (χ3v) is 4.45. The van der Waals surface area contributed by atoms with Crippen molar-refractivity contribution in [3.8, 4) is 5.75 Å². The summed E-state index contributed by atoms with van der Waals surface area (Å²) in [4.78, 5) is 39.3. The van der Waals surface area contributed by atoms with Gasteiger partial charge in [0.05, 0.1) is 12.4 Å². The molecular weight excluding hydrogens is 378 g/mol. The van der Waals surface area contributed by atoms with E-state index < -0.39 is 24.1 Å². The van der Waals surface area contributed by atoms with Crippen LogP contribution in [-0.2, 0) is 14.3 Å². The van der Waals surface area contributed by atoms with E-state index in [4.69, 9.17) is 13.9 Å². The fourth-order valence-corrected chi connectivity index (χ4v) is 3.06. The Bertz CT molecular complexity index is 696. The maximum absolute atomic E-state index is 12.9. The van der Waals surface area contributed by atoms with Crippen molar-refractivity contribution in [1.82, 2.24) is 15.5 Å². The van der Waals surface area contributed by atoms with Crippen LogP contribution < -0.4 is 15.4 Å². The average Bonchev–Trinajstić information content (AvgIpc) is 3.22. The maximum atomic E-state index is 12.9. The number of amides is 2. The highest BCUT2D eigenvalue weighted by molar-refractivity contribution is 5.94. The normalized spacial score (nSPS) is 20.6. The molecular formula is C20H31N3O6. The van der Waals surface area contributed by atoms with Crippen molar-refractivity contribution < 1.29 is 28.3 Å². The molecule has 2 heterocycles. The summed E-state index contributed by atoms with van der Waals surface area (Å²) < 4.78 is 15.5. The molecule has 1 aliphatic heterocycles. The largest absolute Gasteiger partial charge is 0.469 e. The minimum absolute atomic E-state index is 0.0249. The first-order chi connectivity index (χ1) is 13.5. The predicted octanol–water partition coefficient (Wildman–Crippen LogP) is 1.58. The fourth-order valence-electron chi connectivity index (χ4n) is 3.06. The molecule has 0 spiro atoms. The first-order valence-corrected chi connectivity index (χ1v) is 9.65. The van der Waals surface area contributed by atoms with Gasteiger partial charge in [0.25, 0.3) is 0 Å². The fraction of sp³-hybridized carbons (Fsp3) is 0.650. The van der Waals surface area contributed by atoms with Crippen LogP contribution in [0.1, 0.15) is 33.6 Å². The van der Waals surface area contributed by atoms with Gasteiger partial charge in [0.15, 0.2) is 11.5 Å². The van der Waals surface area contributed by atoms with E-state index in [1.54, 1.807) is 0 Å². The molecule has 162 valence electrons. The Balaban J connectivity index is 2.03. The molecule has 2 amide bonds. The van der Waals surface area contributed by atoms with E-state index in [1.807, 2.05) is 39.8 Å². The third-order valence-electron chi connectivity index (χ3n) is 4.45. The van der Waals surface area contributed by atoms with Crippen LogP contribution in [0.2, 0.25) is 0 Å². The van der Waals surface area contributed by atoms with E-state index in [2.05, 4.69) is 10.6 Å². The van der Waals surface area contributed by atoms with Crippen molar-refractivity contribution >= 4 is 17.8 Å². The van der Waals surface area contributed by atoms with Crippen LogP contribution in [0.5, 0.6) is 5.75 Å². The van der Waals surface area contributed by atoms with Crippen LogP contribution in [0.4, 0.5) is 4.79 Å². The second kappa shape index (κ2) is 9.89. The van der Waals surface area contributed by atoms with E-state index >= 15 is 0 Å². The van der Waals surface area contributed by atoms with Crippen molar-refractivity contribution in [2.24, 2.45) is 5.41 Å². The zero-order valence-corrected chi connectivity index (χ0v) is 17.7. The van der Waals surface area contributed by atoms with Gasteiger partial charge in [0.2, 0.25) is 5.91 Å². The first-order valence-electron chi connectivity index (χ1n) is 9.65. The molecule has 2 rings (SSSR count). The molecule has 1 aromatic rings. The number of rotatable bonds is 8. The summed E-state index contributed by atoms with van der Waals surface area (Å²) in [6.07, 6.45) is 2.48. The lowest BCUT2D eigenvalue weighted by Gasteiger charge is -2.27. The summed E-state index contributed by atoms with van der Waals surface area (Å²) in [6, 6.07) is -0.101. The molecule has 1 aliphatic rings. The van der Waals surface area contributed by atoms with Crippen molar-refractivity contribution in [2.45, 2.75) is 51.8 Å². The number of hydrogen-bond donors (Lipinski definition) is 2. The van der Waals surface area contributed by atoms with E-state index in [0.717, 1.165) is 6.54 Å². The molecule has 0 aliphatic carbocycles. The minimum Gasteiger partial charge on any atom is -0.469 e. The van der Waals surface area contributed by atoms with Crippen LogP contribution >= 0.6 is 0 Å². The SMILES string of the molecule is CN(C)CCC1OCC(=O)C1NC(=O)[C@H](CC(C)(C)C)NC(=O)Oc1ccoc1. The zero-order valence-electron chi connectivity index (χ0n) is 17.7. The molecule has 29 heavy (non-hydrogen) atoms. The molecule has 1 fully saturated rings. The van der Waals surface area contributed by atoms with Gasteiger partial charge in [-0.15, -0.1) is 0 Å². The van der Waals surface area contributed by atoms with Gasteiger partial charge in [0, 0.05) is 12.6 Å². The quantitative estimate of drug-likeness (QED) is 0.671. The molecule has 0 bridgehead atoms. The first kappa shape index (κ1) is 22.9. The number of hydrogen-bond acceptors (Lipinski definition) is 7. The van der Waals surface area contributed by atoms with Crippen LogP contribution in [0, 0.1) is 5.41 Å². The summed E-state index contributed by atoms with van der Waals surface area (Å²) in [5.41, 5.74) is -0.245. The number of ether oxygens (including phenoxy) is 2. The summed E-state index contributed by atoms with van der Waals surface area (Å²) >= 11 is 0. The predicted molar refractivity (Wildman–Crippen MR) is 106 cm³/mol. The van der Waals surface area contributed by atoms with Gasteiger partial charge in [-0.05, 0) is 32.4 Å². The number of carbonyl (C=O) groups excluding carboxylic acids is 3. The lowest BCUT2D eigenvalue weighted by atomic mass is 9.87. The number of furan rings is 1. The number of ketones is 1. The van der Waals surface area contributed by atoms with Gasteiger partial charge in [-0.3, -0.25) is 9.59 Å². The average molecular weight is 409 g/mol. The molecule has 2 N–H and O–H groups in total. The molecule has 0 saturated carbocycles. The zero-order chi connectivity index (χ0) is 21.6. The van der Waals surface area contributed by atoms with Crippen molar-refractivity contribution in [2.75, 3.05) is 27.2 Å². The van der Waals surface area contributed by atoms with E-state index in [9.17, 15) is 14.4 Å². The highest BCUT2D eigenvalue weighted by atomic mass is 16.6. The molecule has 9 heteroatoms. The van der Waals surface area contributed by atoms with Gasteiger partial charge in [0.1, 0.15) is 25.0 Å². The molecule has 3 atom stereocenters. The van der Waals surface area contributed by atoms with Crippen molar-refractivity contribution in [1.29, 1.82) is 0 Å². The Morgan fingerprint density at radius 2 is 2.07 bits per heavy atom. The Morgan fingerprint density at radius 3 is 2.66 bits per heavy atom. The second-order valence-corrected chi connectivity index (χ2v) is 8.70. The summed E-state index contributed by atoms with van der Waals surface area (Å²) in [5.74, 6) is -0.374. The van der Waals surface area contributed by atoms with E-state index in [0.29, 0.717) is 12.8 Å². The van der Waals surface area contributed by atoms with Gasteiger partial charge in [-0.2, -0.15) is 0 Å². The van der Waals surface area contributed by atoms with E-state index in [-0.39, 0.29) is 29.7 Å².